The van der Waals surface area contributed by atoms with E-state index in [9.17, 15) is 18.0 Å². The number of anilines is 2. The van der Waals surface area contributed by atoms with Crippen molar-refractivity contribution in [3.63, 3.8) is 0 Å². The van der Waals surface area contributed by atoms with Gasteiger partial charge in [-0.25, -0.2) is 13.2 Å². The van der Waals surface area contributed by atoms with Crippen LogP contribution in [0.15, 0.2) is 36.4 Å². The molecule has 1 aliphatic carbocycles. The minimum absolute atomic E-state index is 0. The van der Waals surface area contributed by atoms with E-state index in [0.29, 0.717) is 29.5 Å². The molecule has 11 heteroatoms. The zero-order valence-electron chi connectivity index (χ0n) is 20.9. The molecule has 0 aromatic heterocycles. The van der Waals surface area contributed by atoms with Gasteiger partial charge in [0.2, 0.25) is 10.0 Å². The number of piperidine rings is 1. The highest BCUT2D eigenvalue weighted by Crippen LogP contribution is 2.41. The molecular formula is C26H32ClN3O6S. The second kappa shape index (κ2) is 10.5. The third kappa shape index (κ3) is 6.02. The van der Waals surface area contributed by atoms with Crippen LogP contribution in [-0.2, 0) is 27.6 Å². The lowest BCUT2D eigenvalue weighted by Gasteiger charge is -2.46. The molecule has 200 valence electrons. The Hall–Kier alpha value is -2.82. The predicted molar refractivity (Wildman–Crippen MR) is 144 cm³/mol. The first kappa shape index (κ1) is 27.2. The van der Waals surface area contributed by atoms with Gasteiger partial charge in [-0.3, -0.25) is 19.7 Å². The molecule has 1 fully saturated rings. The summed E-state index contributed by atoms with van der Waals surface area (Å²) in [6, 6.07) is 11.4. The molecule has 1 atom stereocenters. The number of amides is 1. The van der Waals surface area contributed by atoms with Crippen molar-refractivity contribution < 1.29 is 27.5 Å². The van der Waals surface area contributed by atoms with E-state index >= 15 is 0 Å². The number of rotatable bonds is 4. The molecule has 2 aliphatic heterocycles. The van der Waals surface area contributed by atoms with Crippen LogP contribution >= 0.6 is 12.4 Å². The molecule has 0 bridgehead atoms. The fraction of sp³-hybridized carbons (Fsp3) is 0.462. The molecule has 37 heavy (non-hydrogen) atoms. The van der Waals surface area contributed by atoms with E-state index in [1.807, 2.05) is 12.1 Å². The molecule has 2 heterocycles. The molecule has 0 radical (unpaired) electrons. The predicted octanol–water partition coefficient (Wildman–Crippen LogP) is 4.02. The number of ether oxygens (including phenoxy) is 2. The Morgan fingerprint density at radius 3 is 2.54 bits per heavy atom. The van der Waals surface area contributed by atoms with E-state index in [2.05, 4.69) is 25.7 Å². The summed E-state index contributed by atoms with van der Waals surface area (Å²) in [7, 11) is -2.07. The van der Waals surface area contributed by atoms with E-state index in [1.54, 1.807) is 18.2 Å². The van der Waals surface area contributed by atoms with Crippen LogP contribution in [-0.4, -0.2) is 63.3 Å². The number of ketones is 1. The van der Waals surface area contributed by atoms with Crippen molar-refractivity contribution in [2.75, 3.05) is 36.5 Å². The van der Waals surface area contributed by atoms with Gasteiger partial charge >= 0.3 is 6.09 Å². The Labute approximate surface area is 223 Å². The molecule has 2 aromatic carbocycles. The highest BCUT2D eigenvalue weighted by molar-refractivity contribution is 7.92. The Morgan fingerprint density at radius 1 is 1.11 bits per heavy atom. The van der Waals surface area contributed by atoms with Crippen molar-refractivity contribution >= 4 is 45.7 Å². The number of aryl methyl sites for hydroxylation is 1. The lowest BCUT2D eigenvalue weighted by molar-refractivity contribution is -0.0200. The van der Waals surface area contributed by atoms with Crippen LogP contribution in [0.2, 0.25) is 0 Å². The largest absolute Gasteiger partial charge is 0.486 e. The SMILES string of the molecule is COC(=O)Nc1ccc2c(c1)CC[C@@H](N1CCC3(CC1)CC(=O)c1cc(NS(C)(=O)=O)ccc1O3)C2.Cl. The topological polar surface area (TPSA) is 114 Å². The van der Waals surface area contributed by atoms with Crippen molar-refractivity contribution in [2.45, 2.75) is 50.2 Å². The van der Waals surface area contributed by atoms with Crippen LogP contribution in [0, 0.1) is 0 Å². The normalized spacial score (nSPS) is 20.6. The van der Waals surface area contributed by atoms with Crippen LogP contribution in [0.3, 0.4) is 0 Å². The first-order valence-electron chi connectivity index (χ1n) is 12.2. The summed E-state index contributed by atoms with van der Waals surface area (Å²) >= 11 is 0. The number of likely N-dealkylation sites (tertiary alicyclic amines) is 1. The monoisotopic (exact) mass is 549 g/mol. The van der Waals surface area contributed by atoms with Gasteiger partial charge in [0.25, 0.3) is 0 Å². The van der Waals surface area contributed by atoms with Crippen LogP contribution in [0.4, 0.5) is 16.2 Å². The molecule has 1 saturated heterocycles. The maximum absolute atomic E-state index is 13.0. The second-order valence-electron chi connectivity index (χ2n) is 10.0. The Balaban J connectivity index is 0.00000320. The van der Waals surface area contributed by atoms with Gasteiger partial charge < -0.3 is 9.47 Å². The van der Waals surface area contributed by atoms with Gasteiger partial charge in [0, 0.05) is 43.3 Å². The molecule has 9 nitrogen and oxygen atoms in total. The molecule has 5 rings (SSSR count). The summed E-state index contributed by atoms with van der Waals surface area (Å²) < 4.78 is 36.6. The molecule has 0 saturated carbocycles. The number of benzene rings is 2. The van der Waals surface area contributed by atoms with E-state index in [0.717, 1.165) is 57.1 Å². The van der Waals surface area contributed by atoms with Crippen LogP contribution < -0.4 is 14.8 Å². The molecule has 0 unspecified atom stereocenters. The van der Waals surface area contributed by atoms with Crippen molar-refractivity contribution in [1.29, 1.82) is 0 Å². The van der Waals surface area contributed by atoms with Gasteiger partial charge in [-0.2, -0.15) is 0 Å². The number of methoxy groups -OCH3 is 1. The van der Waals surface area contributed by atoms with Crippen molar-refractivity contribution in [3.8, 4) is 5.75 Å². The first-order chi connectivity index (χ1) is 17.1. The third-order valence-electron chi connectivity index (χ3n) is 7.46. The van der Waals surface area contributed by atoms with Crippen LogP contribution in [0.25, 0.3) is 0 Å². The highest BCUT2D eigenvalue weighted by Gasteiger charge is 2.44. The summed E-state index contributed by atoms with van der Waals surface area (Å²) in [5.41, 5.74) is 3.60. The zero-order valence-corrected chi connectivity index (χ0v) is 22.5. The number of carbonyl (C=O) groups excluding carboxylic acids is 2. The first-order valence-corrected chi connectivity index (χ1v) is 14.1. The van der Waals surface area contributed by atoms with Crippen LogP contribution in [0.1, 0.15) is 47.2 Å². The number of nitrogens with one attached hydrogen (secondary N) is 2. The lowest BCUT2D eigenvalue weighted by Crippen LogP contribution is -2.54. The van der Waals surface area contributed by atoms with E-state index < -0.39 is 21.7 Å². The molecule has 2 N–H and O–H groups in total. The molecule has 3 aliphatic rings. The van der Waals surface area contributed by atoms with Crippen LogP contribution in [0.5, 0.6) is 5.75 Å². The number of carbonyl (C=O) groups is 2. The molecular weight excluding hydrogens is 518 g/mol. The number of Topliss-reactive ketones (excluding diaryl/α,β-unsaturated/α-hetero) is 1. The quantitative estimate of drug-likeness (QED) is 0.592. The molecule has 1 spiro atoms. The number of halogens is 1. The van der Waals surface area contributed by atoms with Gasteiger partial charge in [-0.1, -0.05) is 6.07 Å². The van der Waals surface area contributed by atoms with Gasteiger partial charge in [-0.15, -0.1) is 12.4 Å². The van der Waals surface area contributed by atoms with E-state index in [-0.39, 0.29) is 18.2 Å². The fourth-order valence-electron chi connectivity index (χ4n) is 5.64. The summed E-state index contributed by atoms with van der Waals surface area (Å²) in [5, 5.41) is 2.73. The van der Waals surface area contributed by atoms with E-state index in [4.69, 9.17) is 4.74 Å². The van der Waals surface area contributed by atoms with Gasteiger partial charge in [0.05, 0.1) is 25.3 Å². The average molecular weight is 550 g/mol. The summed E-state index contributed by atoms with van der Waals surface area (Å²) in [5.74, 6) is 0.520. The molecule has 1 amide bonds. The van der Waals surface area contributed by atoms with E-state index in [1.165, 1.54) is 18.2 Å². The van der Waals surface area contributed by atoms with Gasteiger partial charge in [0.1, 0.15) is 11.4 Å². The Bertz CT molecular complexity index is 1310. The van der Waals surface area contributed by atoms with Crippen molar-refractivity contribution in [2.24, 2.45) is 0 Å². The second-order valence-corrected chi connectivity index (χ2v) is 11.8. The smallest absolute Gasteiger partial charge is 0.411 e. The Morgan fingerprint density at radius 2 is 1.84 bits per heavy atom. The summed E-state index contributed by atoms with van der Waals surface area (Å²) in [6.45, 7) is 1.72. The summed E-state index contributed by atoms with van der Waals surface area (Å²) in [6.07, 6.45) is 5.41. The maximum atomic E-state index is 13.0. The minimum Gasteiger partial charge on any atom is -0.486 e. The third-order valence-corrected chi connectivity index (χ3v) is 8.07. The van der Waals surface area contributed by atoms with Crippen molar-refractivity contribution in [1.82, 2.24) is 4.90 Å². The maximum Gasteiger partial charge on any atom is 0.411 e. The number of hydrogen-bond acceptors (Lipinski definition) is 7. The van der Waals surface area contributed by atoms with Crippen molar-refractivity contribution in [3.05, 3.63) is 53.1 Å². The number of nitrogens with zero attached hydrogens (tertiary/aromatic N) is 1. The average Bonchev–Trinajstić information content (AvgIpc) is 2.83. The highest BCUT2D eigenvalue weighted by atomic mass is 35.5. The zero-order chi connectivity index (χ0) is 25.5. The number of sulfonamides is 1. The minimum atomic E-state index is -3.42. The Kier molecular flexibility index (Phi) is 7.73. The number of fused-ring (bicyclic) bond motifs is 2. The molecule has 2 aromatic rings. The fourth-order valence-corrected chi connectivity index (χ4v) is 6.20. The van der Waals surface area contributed by atoms with Gasteiger partial charge in [0.15, 0.2) is 5.78 Å². The number of hydrogen-bond donors (Lipinski definition) is 2. The standard InChI is InChI=1S/C26H31N3O6S.ClH/c1-34-25(31)27-19-5-3-18-14-21(7-4-17(18)13-19)29-11-9-26(10-12-29)16-23(30)22-15-20(28-36(2,32)33)6-8-24(22)35-26;/h3,5-6,8,13,15,21,28H,4,7,9-12,14,16H2,1-2H3,(H,27,31);1H/t21-;/m1./s1. The lowest BCUT2D eigenvalue weighted by atomic mass is 9.80. The van der Waals surface area contributed by atoms with Gasteiger partial charge in [-0.05, 0) is 60.7 Å². The summed E-state index contributed by atoms with van der Waals surface area (Å²) in [4.78, 5) is 27.0.